The van der Waals surface area contributed by atoms with Crippen LogP contribution in [0, 0.1) is 0 Å². The van der Waals surface area contributed by atoms with E-state index in [-0.39, 0.29) is 26.7 Å². The third-order valence-electron chi connectivity index (χ3n) is 3.98. The Balaban J connectivity index is 1.73. The zero-order valence-electron chi connectivity index (χ0n) is 14.2. The molecule has 0 saturated carbocycles. The van der Waals surface area contributed by atoms with Gasteiger partial charge in [-0.05, 0) is 18.6 Å². The predicted octanol–water partition coefficient (Wildman–Crippen LogP) is 5.12. The summed E-state index contributed by atoms with van der Waals surface area (Å²) in [4.78, 5) is 31.4. The molecule has 1 aliphatic heterocycles. The first-order chi connectivity index (χ1) is 12.9. The number of hydrogen-bond acceptors (Lipinski definition) is 5. The lowest BCUT2D eigenvalue weighted by Crippen LogP contribution is -2.36. The maximum absolute atomic E-state index is 12.7. The number of fused-ring (bicyclic) bond motifs is 1. The van der Waals surface area contributed by atoms with Gasteiger partial charge in [-0.25, -0.2) is 9.78 Å². The normalized spacial score (nSPS) is 16.4. The Morgan fingerprint density at radius 2 is 2.00 bits per heavy atom. The van der Waals surface area contributed by atoms with Gasteiger partial charge < -0.3 is 9.64 Å². The molecule has 1 amide bonds. The highest BCUT2D eigenvalue weighted by atomic mass is 35.5. The molecule has 0 aliphatic carbocycles. The van der Waals surface area contributed by atoms with E-state index in [1.165, 1.54) is 6.20 Å². The van der Waals surface area contributed by atoms with Crippen LogP contribution in [-0.2, 0) is 9.53 Å². The van der Waals surface area contributed by atoms with Crippen molar-refractivity contribution in [1.82, 2.24) is 4.98 Å². The number of aromatic nitrogens is 1. The summed E-state index contributed by atoms with van der Waals surface area (Å²) in [7, 11) is 0. The van der Waals surface area contributed by atoms with E-state index in [0.717, 1.165) is 17.0 Å². The van der Waals surface area contributed by atoms with Gasteiger partial charge in [-0.1, -0.05) is 53.9 Å². The van der Waals surface area contributed by atoms with Crippen molar-refractivity contribution in [3.05, 3.63) is 51.2 Å². The average molecular weight is 446 g/mol. The van der Waals surface area contributed by atoms with Crippen molar-refractivity contribution >= 4 is 64.1 Å². The molecule has 1 atom stereocenters. The number of halogens is 3. The van der Waals surface area contributed by atoms with Gasteiger partial charge >= 0.3 is 5.97 Å². The van der Waals surface area contributed by atoms with E-state index in [4.69, 9.17) is 39.5 Å². The van der Waals surface area contributed by atoms with Crippen LogP contribution in [0.15, 0.2) is 35.4 Å². The van der Waals surface area contributed by atoms with Crippen LogP contribution in [-0.4, -0.2) is 35.3 Å². The number of amides is 1. The third-order valence-corrected chi connectivity index (χ3v) is 6.46. The van der Waals surface area contributed by atoms with Gasteiger partial charge in [0.1, 0.15) is 0 Å². The molecule has 0 bridgehead atoms. The molecule has 0 fully saturated rings. The number of thioether (sulfide) groups is 1. The van der Waals surface area contributed by atoms with Gasteiger partial charge in [0.05, 0.1) is 20.8 Å². The van der Waals surface area contributed by atoms with Crippen LogP contribution in [0.25, 0.3) is 0 Å². The molecule has 0 N–H and O–H groups in total. The Morgan fingerprint density at radius 3 is 2.78 bits per heavy atom. The quantitative estimate of drug-likeness (QED) is 0.614. The molecule has 0 spiro atoms. The first-order valence-electron chi connectivity index (χ1n) is 8.11. The van der Waals surface area contributed by atoms with Crippen LogP contribution in [0.5, 0.6) is 0 Å². The van der Waals surface area contributed by atoms with Gasteiger partial charge in [0.2, 0.25) is 0 Å². The molecule has 9 heteroatoms. The summed E-state index contributed by atoms with van der Waals surface area (Å²) in [5.74, 6) is -1.15. The second-order valence-corrected chi connectivity index (χ2v) is 8.53. The molecule has 1 aromatic carbocycles. The Labute approximate surface area is 175 Å². The second kappa shape index (κ2) is 8.69. The number of pyridine rings is 1. The molecular formula is C18H15Cl3N2O3S. The Hall–Kier alpha value is -1.47. The number of carbonyl (C=O) groups is 2. The minimum Gasteiger partial charge on any atom is -0.451 e. The lowest BCUT2D eigenvalue weighted by molar-refractivity contribution is -0.121. The fourth-order valence-corrected chi connectivity index (χ4v) is 4.28. The topological polar surface area (TPSA) is 59.5 Å². The summed E-state index contributed by atoms with van der Waals surface area (Å²) in [5.41, 5.74) is 0.637. The van der Waals surface area contributed by atoms with Crippen molar-refractivity contribution in [1.29, 1.82) is 0 Å². The minimum atomic E-state index is -0.835. The maximum Gasteiger partial charge on any atom is 0.359 e. The van der Waals surface area contributed by atoms with Gasteiger partial charge in [-0.3, -0.25) is 4.79 Å². The molecule has 3 rings (SSSR count). The highest BCUT2D eigenvalue weighted by molar-refractivity contribution is 8.00. The molecule has 1 aromatic heterocycles. The number of hydrogen-bond donors (Lipinski definition) is 0. The average Bonchev–Trinajstić information content (AvgIpc) is 2.82. The number of para-hydroxylation sites is 1. The van der Waals surface area contributed by atoms with Crippen molar-refractivity contribution < 1.29 is 14.3 Å². The summed E-state index contributed by atoms with van der Waals surface area (Å²) in [6.07, 6.45) is 2.04. The van der Waals surface area contributed by atoms with Crippen LogP contribution in [0.4, 0.5) is 5.69 Å². The van der Waals surface area contributed by atoms with Gasteiger partial charge in [0.15, 0.2) is 12.3 Å². The molecule has 0 saturated heterocycles. The number of benzene rings is 1. The van der Waals surface area contributed by atoms with E-state index in [2.05, 4.69) is 11.9 Å². The maximum atomic E-state index is 12.7. The van der Waals surface area contributed by atoms with Crippen molar-refractivity contribution in [2.24, 2.45) is 0 Å². The summed E-state index contributed by atoms with van der Waals surface area (Å²) >= 11 is 19.4. The number of esters is 1. The van der Waals surface area contributed by atoms with Crippen molar-refractivity contribution in [3.8, 4) is 0 Å². The molecule has 0 radical (unpaired) electrons. The zero-order chi connectivity index (χ0) is 19.6. The van der Waals surface area contributed by atoms with E-state index >= 15 is 0 Å². The smallest absolute Gasteiger partial charge is 0.359 e. The Morgan fingerprint density at radius 1 is 1.26 bits per heavy atom. The minimum absolute atomic E-state index is 0.0130. The third kappa shape index (κ3) is 4.51. The SMILES string of the molecule is C[C@@H]1CCN(C(=O)COC(=O)c2ncc(Cl)c(Cl)c2Cl)c2ccccc2S1. The highest BCUT2D eigenvalue weighted by Crippen LogP contribution is 2.37. The standard InChI is InChI=1S/C18H15Cl3N2O3S/c1-10-6-7-23(12-4-2-3-5-13(12)27-10)14(24)9-26-18(25)17-16(21)15(20)11(19)8-22-17/h2-5,8,10H,6-7,9H2,1H3/t10-/m1/s1. The lowest BCUT2D eigenvalue weighted by atomic mass is 10.2. The number of ether oxygens (including phenoxy) is 1. The molecule has 27 heavy (non-hydrogen) atoms. The number of nitrogens with zero attached hydrogens (tertiary/aromatic N) is 2. The van der Waals surface area contributed by atoms with E-state index in [9.17, 15) is 9.59 Å². The summed E-state index contributed by atoms with van der Waals surface area (Å²) in [6.45, 7) is 2.24. The Kier molecular flexibility index (Phi) is 6.52. The summed E-state index contributed by atoms with van der Waals surface area (Å²) < 4.78 is 5.12. The van der Waals surface area contributed by atoms with Crippen LogP contribution in [0.2, 0.25) is 15.1 Å². The molecule has 0 unspecified atom stereocenters. The van der Waals surface area contributed by atoms with Crippen LogP contribution >= 0.6 is 46.6 Å². The first-order valence-corrected chi connectivity index (χ1v) is 10.1. The Bertz CT molecular complexity index is 894. The molecule has 2 heterocycles. The fourth-order valence-electron chi connectivity index (χ4n) is 2.61. The lowest BCUT2D eigenvalue weighted by Gasteiger charge is -2.22. The summed E-state index contributed by atoms with van der Waals surface area (Å²) in [5, 5.41) is 0.416. The zero-order valence-corrected chi connectivity index (χ0v) is 17.3. The number of carbonyl (C=O) groups excluding carboxylic acids is 2. The van der Waals surface area contributed by atoms with Crippen molar-refractivity contribution in [3.63, 3.8) is 0 Å². The van der Waals surface area contributed by atoms with Gasteiger partial charge in [0, 0.05) is 22.9 Å². The molecule has 5 nitrogen and oxygen atoms in total. The number of anilines is 1. The number of rotatable bonds is 3. The molecular weight excluding hydrogens is 431 g/mol. The van der Waals surface area contributed by atoms with Gasteiger partial charge in [-0.2, -0.15) is 0 Å². The van der Waals surface area contributed by atoms with E-state index in [1.807, 2.05) is 24.3 Å². The molecule has 142 valence electrons. The molecule has 2 aromatic rings. The van der Waals surface area contributed by atoms with Crippen molar-refractivity contribution in [2.75, 3.05) is 18.1 Å². The largest absolute Gasteiger partial charge is 0.451 e. The monoisotopic (exact) mass is 444 g/mol. The summed E-state index contributed by atoms with van der Waals surface area (Å²) in [6, 6.07) is 7.68. The highest BCUT2D eigenvalue weighted by Gasteiger charge is 2.26. The van der Waals surface area contributed by atoms with Crippen molar-refractivity contribution in [2.45, 2.75) is 23.5 Å². The van der Waals surface area contributed by atoms with Gasteiger partial charge in [-0.15, -0.1) is 11.8 Å². The van der Waals surface area contributed by atoms with Crippen LogP contribution < -0.4 is 4.90 Å². The van der Waals surface area contributed by atoms with E-state index in [1.54, 1.807) is 16.7 Å². The second-order valence-electron chi connectivity index (χ2n) is 5.89. The van der Waals surface area contributed by atoms with Crippen LogP contribution in [0.1, 0.15) is 23.8 Å². The van der Waals surface area contributed by atoms with E-state index < -0.39 is 12.6 Å². The fraction of sp³-hybridized carbons (Fsp3) is 0.278. The van der Waals surface area contributed by atoms with Crippen LogP contribution in [0.3, 0.4) is 0 Å². The van der Waals surface area contributed by atoms with Gasteiger partial charge in [0.25, 0.3) is 5.91 Å². The molecule has 1 aliphatic rings. The van der Waals surface area contributed by atoms with E-state index in [0.29, 0.717) is 11.8 Å². The first kappa shape index (κ1) is 20.3. The predicted molar refractivity (Wildman–Crippen MR) is 108 cm³/mol.